The zero-order valence-corrected chi connectivity index (χ0v) is 11.2. The molecule has 2 rings (SSSR count). The number of Topliss-reactive ketones (excluding diaryl/α,β-unsaturated/α-hetero) is 1. The van der Waals surface area contributed by atoms with E-state index in [9.17, 15) is 14.3 Å². The van der Waals surface area contributed by atoms with Crippen LogP contribution >= 0.6 is 0 Å². The number of allylic oxidation sites excluding steroid dienone is 1. The highest BCUT2D eigenvalue weighted by atomic mass is 19.1. The topological polar surface area (TPSA) is 40.5 Å². The Morgan fingerprint density at radius 3 is 2.94 bits per heavy atom. The summed E-state index contributed by atoms with van der Waals surface area (Å²) in [6.07, 6.45) is 4.14. The van der Waals surface area contributed by atoms with E-state index < -0.39 is 18.3 Å². The molecular formula is C14H22FNO2. The molecule has 1 N–H and O–H groups in total. The molecule has 4 heteroatoms. The highest BCUT2D eigenvalue weighted by Crippen LogP contribution is 2.45. The van der Waals surface area contributed by atoms with Crippen molar-refractivity contribution in [1.82, 2.24) is 4.90 Å². The van der Waals surface area contributed by atoms with E-state index in [-0.39, 0.29) is 11.8 Å². The van der Waals surface area contributed by atoms with Crippen LogP contribution in [0.4, 0.5) is 4.39 Å². The van der Waals surface area contributed by atoms with Gasteiger partial charge in [-0.1, -0.05) is 6.08 Å². The highest BCUT2D eigenvalue weighted by molar-refractivity contribution is 6.02. The van der Waals surface area contributed by atoms with Gasteiger partial charge in [-0.15, -0.1) is 0 Å². The summed E-state index contributed by atoms with van der Waals surface area (Å²) in [7, 11) is 0. The third-order valence-electron chi connectivity index (χ3n) is 4.54. The summed E-state index contributed by atoms with van der Waals surface area (Å²) < 4.78 is 12.7. The van der Waals surface area contributed by atoms with E-state index in [0.29, 0.717) is 25.0 Å². The predicted molar refractivity (Wildman–Crippen MR) is 68.1 cm³/mol. The largest absolute Gasteiger partial charge is 0.393 e. The number of fused-ring (bicyclic) bond motifs is 2. The van der Waals surface area contributed by atoms with Crippen LogP contribution in [-0.2, 0) is 4.79 Å². The van der Waals surface area contributed by atoms with Crippen LogP contribution in [0.2, 0.25) is 0 Å². The quantitative estimate of drug-likeness (QED) is 0.779. The molecule has 2 heterocycles. The first-order chi connectivity index (χ1) is 8.55. The van der Waals surface area contributed by atoms with Crippen LogP contribution in [0.25, 0.3) is 0 Å². The lowest BCUT2D eigenvalue weighted by Gasteiger charge is -2.45. The van der Waals surface area contributed by atoms with Crippen LogP contribution in [0, 0.1) is 0 Å². The standard InChI is InChI=1S/C14H22FNO2/c1-3-10(2)13(18)14-5-4-11(8-12(17)9-14)16(14)7-6-15/h3,11-12,17H,4-9H2,1-2H3/b10-3+. The summed E-state index contributed by atoms with van der Waals surface area (Å²) in [6, 6.07) is 0.165. The fraction of sp³-hybridized carbons (Fsp3) is 0.786. The van der Waals surface area contributed by atoms with E-state index in [1.165, 1.54) is 0 Å². The monoisotopic (exact) mass is 255 g/mol. The molecule has 18 heavy (non-hydrogen) atoms. The molecule has 0 saturated carbocycles. The lowest BCUT2D eigenvalue weighted by Crippen LogP contribution is -2.59. The molecule has 0 spiro atoms. The molecule has 2 saturated heterocycles. The minimum Gasteiger partial charge on any atom is -0.393 e. The van der Waals surface area contributed by atoms with Crippen molar-refractivity contribution in [2.45, 2.75) is 57.2 Å². The highest BCUT2D eigenvalue weighted by Gasteiger charge is 2.55. The number of ketones is 1. The minimum absolute atomic E-state index is 0.0692. The number of rotatable bonds is 4. The Hall–Kier alpha value is -0.740. The lowest BCUT2D eigenvalue weighted by molar-refractivity contribution is -0.132. The van der Waals surface area contributed by atoms with Gasteiger partial charge in [0.15, 0.2) is 5.78 Å². The smallest absolute Gasteiger partial charge is 0.178 e. The number of aliphatic hydroxyl groups excluding tert-OH is 1. The molecule has 0 aliphatic carbocycles. The van der Waals surface area contributed by atoms with Crippen molar-refractivity contribution < 1.29 is 14.3 Å². The van der Waals surface area contributed by atoms with Gasteiger partial charge in [-0.3, -0.25) is 9.69 Å². The molecule has 102 valence electrons. The molecule has 2 bridgehead atoms. The second-order valence-corrected chi connectivity index (χ2v) is 5.50. The van der Waals surface area contributed by atoms with Crippen molar-refractivity contribution in [3.63, 3.8) is 0 Å². The molecule has 3 atom stereocenters. The second kappa shape index (κ2) is 5.10. The van der Waals surface area contributed by atoms with Crippen LogP contribution in [-0.4, -0.2) is 46.7 Å². The maximum absolute atomic E-state index is 12.7. The van der Waals surface area contributed by atoms with Gasteiger partial charge in [0.25, 0.3) is 0 Å². The normalized spacial score (nSPS) is 37.0. The van der Waals surface area contributed by atoms with Crippen molar-refractivity contribution >= 4 is 5.78 Å². The molecular weight excluding hydrogens is 233 g/mol. The Labute approximate surface area is 108 Å². The van der Waals surface area contributed by atoms with E-state index in [0.717, 1.165) is 12.8 Å². The second-order valence-electron chi connectivity index (χ2n) is 5.50. The number of carbonyl (C=O) groups excluding carboxylic acids is 1. The molecule has 2 aliphatic heterocycles. The van der Waals surface area contributed by atoms with E-state index in [1.807, 2.05) is 11.8 Å². The average Bonchev–Trinajstić information content (AvgIpc) is 2.58. The number of aliphatic hydroxyl groups is 1. The first-order valence-corrected chi connectivity index (χ1v) is 6.73. The van der Waals surface area contributed by atoms with Gasteiger partial charge >= 0.3 is 0 Å². The third kappa shape index (κ3) is 2.01. The van der Waals surface area contributed by atoms with Gasteiger partial charge in [0.05, 0.1) is 11.6 Å². The Bertz CT molecular complexity index is 369. The van der Waals surface area contributed by atoms with Crippen molar-refractivity contribution in [1.29, 1.82) is 0 Å². The molecule has 3 unspecified atom stereocenters. The van der Waals surface area contributed by atoms with Gasteiger partial charge < -0.3 is 5.11 Å². The SMILES string of the molecule is C/C=C(\C)C(=O)C12CCC(CC(O)C1)N2CCF. The van der Waals surface area contributed by atoms with E-state index in [2.05, 4.69) is 0 Å². The average molecular weight is 255 g/mol. The van der Waals surface area contributed by atoms with Crippen molar-refractivity contribution in [2.75, 3.05) is 13.2 Å². The predicted octanol–water partition coefficient (Wildman–Crippen LogP) is 1.85. The summed E-state index contributed by atoms with van der Waals surface area (Å²) in [4.78, 5) is 14.6. The number of halogens is 1. The van der Waals surface area contributed by atoms with E-state index in [1.54, 1.807) is 13.0 Å². The number of piperidine rings is 1. The summed E-state index contributed by atoms with van der Waals surface area (Å²) in [5.74, 6) is 0.0692. The Morgan fingerprint density at radius 1 is 1.61 bits per heavy atom. The number of hydrogen-bond donors (Lipinski definition) is 1. The van der Waals surface area contributed by atoms with Crippen molar-refractivity contribution in [2.24, 2.45) is 0 Å². The maximum atomic E-state index is 12.7. The maximum Gasteiger partial charge on any atom is 0.178 e. The minimum atomic E-state index is -0.648. The van der Waals surface area contributed by atoms with Crippen LogP contribution < -0.4 is 0 Å². The zero-order valence-electron chi connectivity index (χ0n) is 11.2. The molecule has 2 fully saturated rings. The van der Waals surface area contributed by atoms with Crippen LogP contribution in [0.5, 0.6) is 0 Å². The van der Waals surface area contributed by atoms with Gasteiger partial charge in [-0.25, -0.2) is 4.39 Å². The molecule has 0 radical (unpaired) electrons. The zero-order chi connectivity index (χ0) is 13.3. The van der Waals surface area contributed by atoms with E-state index in [4.69, 9.17) is 0 Å². The van der Waals surface area contributed by atoms with Crippen LogP contribution in [0.3, 0.4) is 0 Å². The van der Waals surface area contributed by atoms with Gasteiger partial charge in [0.2, 0.25) is 0 Å². The molecule has 0 aromatic heterocycles. The molecule has 0 aromatic rings. The summed E-state index contributed by atoms with van der Waals surface area (Å²) in [5.41, 5.74) is 0.0685. The Balaban J connectivity index is 2.33. The Morgan fingerprint density at radius 2 is 2.33 bits per heavy atom. The molecule has 0 aromatic carbocycles. The number of alkyl halides is 1. The van der Waals surface area contributed by atoms with Gasteiger partial charge in [0, 0.05) is 12.6 Å². The van der Waals surface area contributed by atoms with Crippen LogP contribution in [0.1, 0.15) is 39.5 Å². The third-order valence-corrected chi connectivity index (χ3v) is 4.54. The van der Waals surface area contributed by atoms with Crippen LogP contribution in [0.15, 0.2) is 11.6 Å². The summed E-state index contributed by atoms with van der Waals surface area (Å²) in [5, 5.41) is 9.95. The summed E-state index contributed by atoms with van der Waals surface area (Å²) >= 11 is 0. The fourth-order valence-corrected chi connectivity index (χ4v) is 3.63. The van der Waals surface area contributed by atoms with E-state index >= 15 is 0 Å². The number of hydrogen-bond acceptors (Lipinski definition) is 3. The number of carbonyl (C=O) groups is 1. The summed E-state index contributed by atoms with van der Waals surface area (Å²) in [6.45, 7) is 3.52. The van der Waals surface area contributed by atoms with Crippen molar-refractivity contribution in [3.05, 3.63) is 11.6 Å². The lowest BCUT2D eigenvalue weighted by atomic mass is 9.80. The molecule has 2 aliphatic rings. The molecule has 0 amide bonds. The van der Waals surface area contributed by atoms with Gasteiger partial charge in [-0.2, -0.15) is 0 Å². The molecule has 3 nitrogen and oxygen atoms in total. The fourth-order valence-electron chi connectivity index (χ4n) is 3.63. The first kappa shape index (κ1) is 13.7. The number of nitrogens with zero attached hydrogens (tertiary/aromatic N) is 1. The van der Waals surface area contributed by atoms with Gasteiger partial charge in [0.1, 0.15) is 6.67 Å². The first-order valence-electron chi connectivity index (χ1n) is 6.73. The van der Waals surface area contributed by atoms with Crippen molar-refractivity contribution in [3.8, 4) is 0 Å². The Kier molecular flexibility index (Phi) is 3.87. The van der Waals surface area contributed by atoms with Gasteiger partial charge in [-0.05, 0) is 45.1 Å².